The minimum atomic E-state index is -1.14. The molecule has 0 unspecified atom stereocenters. The molecule has 15 heavy (non-hydrogen) atoms. The molecule has 5 nitrogen and oxygen atoms in total. The largest absolute Gasteiger partial charge is 0.504 e. The van der Waals surface area contributed by atoms with Gasteiger partial charge in [-0.3, -0.25) is 14.5 Å². The first-order chi connectivity index (χ1) is 6.95. The van der Waals surface area contributed by atoms with Gasteiger partial charge in [-0.15, -0.1) is 0 Å². The number of phenols is 2. The molecule has 1 aromatic rings. The van der Waals surface area contributed by atoms with Crippen molar-refractivity contribution in [1.82, 2.24) is 4.90 Å². The third-order valence-corrected chi connectivity index (χ3v) is 2.28. The Morgan fingerprint density at radius 2 is 1.80 bits per heavy atom. The van der Waals surface area contributed by atoms with Gasteiger partial charge in [0.2, 0.25) is 0 Å². The fourth-order valence-corrected chi connectivity index (χ4v) is 1.45. The Hall–Kier alpha value is -2.11. The van der Waals surface area contributed by atoms with E-state index in [4.69, 9.17) is 5.11 Å². The Labute approximate surface area is 83.4 Å². The van der Waals surface area contributed by atoms with Crippen LogP contribution in [-0.4, -0.2) is 34.0 Å². The molecule has 0 fully saturated rings. The van der Waals surface area contributed by atoms with Crippen LogP contribution in [0.4, 0.5) is 4.39 Å². The highest BCUT2D eigenvalue weighted by Crippen LogP contribution is 2.38. The van der Waals surface area contributed by atoms with E-state index in [1.165, 1.54) is 7.05 Å². The summed E-state index contributed by atoms with van der Waals surface area (Å²) in [5.41, 5.74) is -0.600. The summed E-state index contributed by atoms with van der Waals surface area (Å²) in [6, 6.07) is 0.730. The number of halogens is 1. The summed E-state index contributed by atoms with van der Waals surface area (Å²) in [5, 5.41) is 18.4. The Kier molecular flexibility index (Phi) is 1.69. The third-order valence-electron chi connectivity index (χ3n) is 2.28. The van der Waals surface area contributed by atoms with E-state index in [1.54, 1.807) is 0 Å². The molecule has 0 bridgehead atoms. The number of hydrogen-bond acceptors (Lipinski definition) is 4. The molecule has 6 heteroatoms. The normalized spacial score (nSPS) is 14.7. The number of amides is 2. The van der Waals surface area contributed by atoms with Gasteiger partial charge in [-0.05, 0) is 6.07 Å². The molecule has 2 amide bonds. The zero-order valence-corrected chi connectivity index (χ0v) is 7.61. The zero-order valence-electron chi connectivity index (χ0n) is 7.61. The van der Waals surface area contributed by atoms with Gasteiger partial charge in [0.25, 0.3) is 11.8 Å². The molecule has 1 aromatic carbocycles. The maximum absolute atomic E-state index is 13.0. The van der Waals surface area contributed by atoms with Gasteiger partial charge in [-0.25, -0.2) is 4.39 Å². The maximum Gasteiger partial charge on any atom is 0.265 e. The van der Waals surface area contributed by atoms with Crippen LogP contribution in [0.3, 0.4) is 0 Å². The molecule has 1 aliphatic heterocycles. The number of carbonyl (C=O) groups excluding carboxylic acids is 2. The number of benzene rings is 1. The number of nitrogens with zero attached hydrogens (tertiary/aromatic N) is 1. The van der Waals surface area contributed by atoms with Crippen molar-refractivity contribution in [2.45, 2.75) is 0 Å². The summed E-state index contributed by atoms with van der Waals surface area (Å²) < 4.78 is 13.0. The highest BCUT2D eigenvalue weighted by Gasteiger charge is 2.37. The van der Waals surface area contributed by atoms with E-state index in [0.717, 1.165) is 11.0 Å². The predicted octanol–water partition coefficient (Wildman–Crippen LogP) is 0.463. The standard InChI is InChI=1S/C9H6FNO4/c1-11-8(14)3-2-4(10)6(12)7(13)5(3)9(11)15/h2,12-13H,1H3. The number of phenolic OH excluding ortho intramolecular Hbond substituents is 2. The predicted molar refractivity (Wildman–Crippen MR) is 46.2 cm³/mol. The smallest absolute Gasteiger partial charge is 0.265 e. The molecular formula is C9H6FNO4. The van der Waals surface area contributed by atoms with E-state index in [2.05, 4.69) is 0 Å². The van der Waals surface area contributed by atoms with E-state index in [9.17, 15) is 19.1 Å². The number of imide groups is 1. The first kappa shape index (κ1) is 9.45. The van der Waals surface area contributed by atoms with Crippen LogP contribution in [0.25, 0.3) is 0 Å². The third kappa shape index (κ3) is 1.01. The van der Waals surface area contributed by atoms with Crippen molar-refractivity contribution in [1.29, 1.82) is 0 Å². The molecule has 0 aromatic heterocycles. The topological polar surface area (TPSA) is 77.8 Å². The molecule has 1 heterocycles. The first-order valence-corrected chi connectivity index (χ1v) is 4.02. The Morgan fingerprint density at radius 3 is 2.40 bits per heavy atom. The summed E-state index contributed by atoms with van der Waals surface area (Å²) in [7, 11) is 1.21. The van der Waals surface area contributed by atoms with E-state index < -0.39 is 29.1 Å². The second-order valence-electron chi connectivity index (χ2n) is 3.15. The average Bonchev–Trinajstić information content (AvgIpc) is 2.40. The highest BCUT2D eigenvalue weighted by atomic mass is 19.1. The molecule has 0 radical (unpaired) electrons. The molecule has 0 spiro atoms. The van der Waals surface area contributed by atoms with E-state index in [1.807, 2.05) is 0 Å². The molecular weight excluding hydrogens is 205 g/mol. The molecule has 2 N–H and O–H groups in total. The number of fused-ring (bicyclic) bond motifs is 1. The van der Waals surface area contributed by atoms with Gasteiger partial charge in [-0.1, -0.05) is 0 Å². The zero-order chi connectivity index (χ0) is 11.3. The van der Waals surface area contributed by atoms with Crippen molar-refractivity contribution >= 4 is 11.8 Å². The fourth-order valence-electron chi connectivity index (χ4n) is 1.45. The molecule has 2 rings (SSSR count). The molecule has 1 aliphatic rings. The van der Waals surface area contributed by atoms with Crippen molar-refractivity contribution in [3.05, 3.63) is 23.0 Å². The lowest BCUT2D eigenvalue weighted by atomic mass is 10.1. The lowest BCUT2D eigenvalue weighted by molar-refractivity contribution is 0.0692. The van der Waals surface area contributed by atoms with Crippen LogP contribution in [-0.2, 0) is 0 Å². The van der Waals surface area contributed by atoms with Crippen LogP contribution in [0, 0.1) is 5.82 Å². The second kappa shape index (κ2) is 2.69. The summed E-state index contributed by atoms with van der Waals surface area (Å²) in [4.78, 5) is 23.5. The number of hydrogen-bond donors (Lipinski definition) is 2. The van der Waals surface area contributed by atoms with Crippen molar-refractivity contribution in [3.8, 4) is 11.5 Å². The van der Waals surface area contributed by atoms with Crippen LogP contribution in [0.1, 0.15) is 20.7 Å². The van der Waals surface area contributed by atoms with Crippen LogP contribution in [0.2, 0.25) is 0 Å². The minimum Gasteiger partial charge on any atom is -0.504 e. The molecule has 0 aliphatic carbocycles. The van der Waals surface area contributed by atoms with Gasteiger partial charge in [0.1, 0.15) is 0 Å². The molecule has 78 valence electrons. The molecule has 0 atom stereocenters. The van der Waals surface area contributed by atoms with Gasteiger partial charge in [0.15, 0.2) is 17.3 Å². The lowest BCUT2D eigenvalue weighted by Crippen LogP contribution is -2.24. The Morgan fingerprint density at radius 1 is 1.20 bits per heavy atom. The molecule has 0 saturated heterocycles. The van der Waals surface area contributed by atoms with E-state index in [0.29, 0.717) is 0 Å². The number of aromatic hydroxyl groups is 2. The Bertz CT molecular complexity index is 497. The number of carbonyl (C=O) groups is 2. The highest BCUT2D eigenvalue weighted by molar-refractivity contribution is 6.22. The van der Waals surface area contributed by atoms with Crippen molar-refractivity contribution in [3.63, 3.8) is 0 Å². The fraction of sp³-hybridized carbons (Fsp3) is 0.111. The van der Waals surface area contributed by atoms with Gasteiger partial charge in [-0.2, -0.15) is 0 Å². The van der Waals surface area contributed by atoms with Crippen LogP contribution < -0.4 is 0 Å². The second-order valence-corrected chi connectivity index (χ2v) is 3.15. The summed E-state index contributed by atoms with van der Waals surface area (Å²) >= 11 is 0. The maximum atomic E-state index is 13.0. The van der Waals surface area contributed by atoms with E-state index >= 15 is 0 Å². The Balaban J connectivity index is 2.81. The number of rotatable bonds is 0. The van der Waals surface area contributed by atoms with Crippen molar-refractivity contribution < 1.29 is 24.2 Å². The van der Waals surface area contributed by atoms with Gasteiger partial charge in [0.05, 0.1) is 11.1 Å². The summed E-state index contributed by atoms with van der Waals surface area (Å²) in [6.07, 6.45) is 0. The van der Waals surface area contributed by atoms with Gasteiger partial charge in [0, 0.05) is 7.05 Å². The van der Waals surface area contributed by atoms with Crippen LogP contribution in [0.5, 0.6) is 11.5 Å². The monoisotopic (exact) mass is 211 g/mol. The lowest BCUT2D eigenvalue weighted by Gasteiger charge is -2.03. The molecule has 0 saturated carbocycles. The van der Waals surface area contributed by atoms with Crippen molar-refractivity contribution in [2.24, 2.45) is 0 Å². The van der Waals surface area contributed by atoms with Gasteiger partial charge >= 0.3 is 0 Å². The summed E-state index contributed by atoms with van der Waals surface area (Å²) in [6.45, 7) is 0. The van der Waals surface area contributed by atoms with E-state index in [-0.39, 0.29) is 11.1 Å². The first-order valence-electron chi connectivity index (χ1n) is 4.02. The quantitative estimate of drug-likeness (QED) is 0.482. The average molecular weight is 211 g/mol. The SMILES string of the molecule is CN1C(=O)c2cc(F)c(O)c(O)c2C1=O. The van der Waals surface area contributed by atoms with Crippen LogP contribution in [0.15, 0.2) is 6.07 Å². The minimum absolute atomic E-state index is 0.240. The van der Waals surface area contributed by atoms with Gasteiger partial charge < -0.3 is 10.2 Å². The van der Waals surface area contributed by atoms with Crippen molar-refractivity contribution in [2.75, 3.05) is 7.05 Å². The van der Waals surface area contributed by atoms with Crippen LogP contribution >= 0.6 is 0 Å². The summed E-state index contributed by atoms with van der Waals surface area (Å²) in [5.74, 6) is -4.52.